The van der Waals surface area contributed by atoms with Crippen molar-refractivity contribution in [1.29, 1.82) is 0 Å². The van der Waals surface area contributed by atoms with Gasteiger partial charge in [0.2, 0.25) is 0 Å². The van der Waals surface area contributed by atoms with Gasteiger partial charge >= 0.3 is 0 Å². The molecule has 0 saturated carbocycles. The lowest BCUT2D eigenvalue weighted by atomic mass is 10.1. The molecule has 4 nitrogen and oxygen atoms in total. The molecule has 0 radical (unpaired) electrons. The largest absolute Gasteiger partial charge is 0.493 e. The SMILES string of the molecule is COc1cc(CNc2ccc(N3CCCCC3)c(Cl)c2)cc(Cl)c1OCc1ccccc1C. The van der Waals surface area contributed by atoms with Gasteiger partial charge in [0.25, 0.3) is 0 Å². The van der Waals surface area contributed by atoms with Crippen LogP contribution in [0.3, 0.4) is 0 Å². The molecule has 0 spiro atoms. The Morgan fingerprint density at radius 1 is 0.939 bits per heavy atom. The van der Waals surface area contributed by atoms with Crippen LogP contribution >= 0.6 is 23.2 Å². The number of hydrogen-bond donors (Lipinski definition) is 1. The van der Waals surface area contributed by atoms with Gasteiger partial charge in [-0.3, -0.25) is 0 Å². The summed E-state index contributed by atoms with van der Waals surface area (Å²) in [6.07, 6.45) is 3.75. The molecule has 0 aromatic heterocycles. The number of piperidine rings is 1. The summed E-state index contributed by atoms with van der Waals surface area (Å²) in [5.74, 6) is 1.17. The summed E-state index contributed by atoms with van der Waals surface area (Å²) in [4.78, 5) is 2.37. The maximum absolute atomic E-state index is 6.60. The number of halogens is 2. The van der Waals surface area contributed by atoms with Crippen molar-refractivity contribution in [2.45, 2.75) is 39.3 Å². The third-order valence-corrected chi connectivity index (χ3v) is 6.65. The fourth-order valence-corrected chi connectivity index (χ4v) is 4.74. The molecule has 0 unspecified atom stereocenters. The number of anilines is 2. The minimum atomic E-state index is 0.433. The third-order valence-electron chi connectivity index (χ3n) is 6.06. The van der Waals surface area contributed by atoms with Crippen molar-refractivity contribution in [3.8, 4) is 11.5 Å². The third kappa shape index (κ3) is 5.87. The smallest absolute Gasteiger partial charge is 0.180 e. The summed E-state index contributed by atoms with van der Waals surface area (Å²) >= 11 is 13.2. The average molecular weight is 485 g/mol. The second kappa shape index (κ2) is 11.0. The topological polar surface area (TPSA) is 33.7 Å². The first-order chi connectivity index (χ1) is 16.0. The van der Waals surface area contributed by atoms with Crippen LogP contribution in [0.2, 0.25) is 10.0 Å². The molecule has 33 heavy (non-hydrogen) atoms. The Morgan fingerprint density at radius 3 is 2.45 bits per heavy atom. The molecular formula is C27H30Cl2N2O2. The van der Waals surface area contributed by atoms with Crippen molar-refractivity contribution in [3.05, 3.63) is 81.3 Å². The van der Waals surface area contributed by atoms with Crippen LogP contribution in [0.25, 0.3) is 0 Å². The van der Waals surface area contributed by atoms with E-state index in [1.165, 1.54) is 24.8 Å². The van der Waals surface area contributed by atoms with Crippen molar-refractivity contribution in [1.82, 2.24) is 0 Å². The van der Waals surface area contributed by atoms with E-state index < -0.39 is 0 Å². The number of nitrogens with zero attached hydrogens (tertiary/aromatic N) is 1. The van der Waals surface area contributed by atoms with E-state index in [0.29, 0.717) is 29.7 Å². The molecule has 1 N–H and O–H groups in total. The molecule has 1 saturated heterocycles. The highest BCUT2D eigenvalue weighted by Gasteiger charge is 2.15. The zero-order valence-corrected chi connectivity index (χ0v) is 20.7. The summed E-state index contributed by atoms with van der Waals surface area (Å²) in [6.45, 7) is 5.24. The second-order valence-electron chi connectivity index (χ2n) is 8.39. The maximum Gasteiger partial charge on any atom is 0.180 e. The van der Waals surface area contributed by atoms with E-state index in [1.54, 1.807) is 7.11 Å². The van der Waals surface area contributed by atoms with Gasteiger partial charge in [0.1, 0.15) is 6.61 Å². The van der Waals surface area contributed by atoms with Gasteiger partial charge in [-0.05, 0) is 73.2 Å². The Hall–Kier alpha value is -2.56. The van der Waals surface area contributed by atoms with Crippen LogP contribution in [0.5, 0.6) is 11.5 Å². The lowest BCUT2D eigenvalue weighted by Gasteiger charge is -2.29. The van der Waals surface area contributed by atoms with Crippen molar-refractivity contribution >= 4 is 34.6 Å². The van der Waals surface area contributed by atoms with E-state index in [4.69, 9.17) is 32.7 Å². The Labute approximate surface area is 206 Å². The van der Waals surface area contributed by atoms with E-state index in [1.807, 2.05) is 30.3 Å². The van der Waals surface area contributed by atoms with Crippen molar-refractivity contribution < 1.29 is 9.47 Å². The predicted octanol–water partition coefficient (Wildman–Crippen LogP) is 7.49. The Bertz CT molecular complexity index is 1100. The quantitative estimate of drug-likeness (QED) is 0.358. The summed E-state index contributed by atoms with van der Waals surface area (Å²) in [5.41, 5.74) is 5.37. The van der Waals surface area contributed by atoms with Crippen LogP contribution in [-0.4, -0.2) is 20.2 Å². The highest BCUT2D eigenvalue weighted by Crippen LogP contribution is 2.37. The Morgan fingerprint density at radius 2 is 1.73 bits per heavy atom. The standard InChI is InChI=1S/C27H30Cl2N2O2/c1-19-8-4-5-9-21(19)18-33-27-24(29)14-20(15-26(27)32-2)17-30-22-10-11-25(23(28)16-22)31-12-6-3-7-13-31/h4-5,8-11,14-16,30H,3,6-7,12-13,17-18H2,1-2H3. The minimum absolute atomic E-state index is 0.433. The van der Waals surface area contributed by atoms with Crippen molar-refractivity contribution in [3.63, 3.8) is 0 Å². The molecule has 174 valence electrons. The number of methoxy groups -OCH3 is 1. The van der Waals surface area contributed by atoms with E-state index in [-0.39, 0.29) is 0 Å². The highest BCUT2D eigenvalue weighted by molar-refractivity contribution is 6.33. The highest BCUT2D eigenvalue weighted by atomic mass is 35.5. The zero-order valence-electron chi connectivity index (χ0n) is 19.2. The van der Waals surface area contributed by atoms with E-state index in [0.717, 1.165) is 40.6 Å². The van der Waals surface area contributed by atoms with Gasteiger partial charge in [-0.25, -0.2) is 0 Å². The first-order valence-electron chi connectivity index (χ1n) is 11.4. The summed E-state index contributed by atoms with van der Waals surface area (Å²) in [5, 5.41) is 4.74. The number of rotatable bonds is 8. The Kier molecular flexibility index (Phi) is 7.89. The van der Waals surface area contributed by atoms with Gasteiger partial charge < -0.3 is 19.7 Å². The normalized spacial score (nSPS) is 13.6. The molecule has 3 aromatic rings. The number of nitrogens with one attached hydrogen (secondary N) is 1. The van der Waals surface area contributed by atoms with E-state index in [9.17, 15) is 0 Å². The fraction of sp³-hybridized carbons (Fsp3) is 0.333. The van der Waals surface area contributed by atoms with Crippen molar-refractivity contribution in [2.24, 2.45) is 0 Å². The molecule has 1 aliphatic heterocycles. The molecule has 1 aliphatic rings. The number of ether oxygens (including phenoxy) is 2. The molecule has 0 amide bonds. The molecule has 1 heterocycles. The summed E-state index contributed by atoms with van der Waals surface area (Å²) in [6, 6.07) is 18.2. The van der Waals surface area contributed by atoms with Crippen LogP contribution in [0.15, 0.2) is 54.6 Å². The molecule has 3 aromatic carbocycles. The fourth-order valence-electron chi connectivity index (χ4n) is 4.15. The van der Waals surface area contributed by atoms with Crippen LogP contribution in [0.1, 0.15) is 36.0 Å². The first kappa shape index (κ1) is 23.6. The van der Waals surface area contributed by atoms with Crippen LogP contribution in [-0.2, 0) is 13.2 Å². The molecule has 0 atom stereocenters. The lowest BCUT2D eigenvalue weighted by Crippen LogP contribution is -2.29. The van der Waals surface area contributed by atoms with Crippen LogP contribution < -0.4 is 19.7 Å². The monoisotopic (exact) mass is 484 g/mol. The molecule has 0 aliphatic carbocycles. The minimum Gasteiger partial charge on any atom is -0.493 e. The number of hydrogen-bond acceptors (Lipinski definition) is 4. The molecular weight excluding hydrogens is 455 g/mol. The summed E-state index contributed by atoms with van der Waals surface area (Å²) < 4.78 is 11.6. The summed E-state index contributed by atoms with van der Waals surface area (Å²) in [7, 11) is 1.63. The van der Waals surface area contributed by atoms with Gasteiger partial charge in [-0.15, -0.1) is 0 Å². The lowest BCUT2D eigenvalue weighted by molar-refractivity contribution is 0.284. The maximum atomic E-state index is 6.60. The molecule has 1 fully saturated rings. The number of aryl methyl sites for hydroxylation is 1. The molecule has 0 bridgehead atoms. The van der Waals surface area contributed by atoms with Gasteiger partial charge in [0, 0.05) is 25.3 Å². The van der Waals surface area contributed by atoms with E-state index >= 15 is 0 Å². The van der Waals surface area contributed by atoms with Gasteiger partial charge in [0.05, 0.1) is 22.8 Å². The van der Waals surface area contributed by atoms with Crippen molar-refractivity contribution in [2.75, 3.05) is 30.4 Å². The van der Waals surface area contributed by atoms with Crippen LogP contribution in [0.4, 0.5) is 11.4 Å². The van der Waals surface area contributed by atoms with E-state index in [2.05, 4.69) is 41.4 Å². The number of benzene rings is 3. The zero-order chi connectivity index (χ0) is 23.2. The molecule has 6 heteroatoms. The first-order valence-corrected chi connectivity index (χ1v) is 12.1. The second-order valence-corrected chi connectivity index (χ2v) is 9.21. The molecule has 4 rings (SSSR count). The Balaban J connectivity index is 1.42. The predicted molar refractivity (Wildman–Crippen MR) is 138 cm³/mol. The van der Waals surface area contributed by atoms with Gasteiger partial charge in [0.15, 0.2) is 11.5 Å². The van der Waals surface area contributed by atoms with Gasteiger partial charge in [-0.1, -0.05) is 47.5 Å². The average Bonchev–Trinajstić information content (AvgIpc) is 2.83. The van der Waals surface area contributed by atoms with Crippen LogP contribution in [0, 0.1) is 6.92 Å². The van der Waals surface area contributed by atoms with Gasteiger partial charge in [-0.2, -0.15) is 0 Å².